The van der Waals surface area contributed by atoms with Crippen LogP contribution in [0.4, 0.5) is 11.4 Å². The number of rotatable bonds is 5. The van der Waals surface area contributed by atoms with Crippen molar-refractivity contribution in [2.24, 2.45) is 5.92 Å². The molecule has 0 bridgehead atoms. The van der Waals surface area contributed by atoms with Crippen LogP contribution in [0.1, 0.15) is 38.6 Å². The highest BCUT2D eigenvalue weighted by molar-refractivity contribution is 5.73. The molecular weight excluding hydrogens is 324 g/mol. The lowest BCUT2D eigenvalue weighted by molar-refractivity contribution is 0.0178. The number of aryl methyl sites for hydroxylation is 1. The number of anilines is 2. The number of pyridine rings is 2. The lowest BCUT2D eigenvalue weighted by atomic mass is 9.83. The number of hydrogen-bond donors (Lipinski definition) is 2. The summed E-state index contributed by atoms with van der Waals surface area (Å²) in [6.07, 6.45) is 5.67. The van der Waals surface area contributed by atoms with E-state index < -0.39 is 5.60 Å². The summed E-state index contributed by atoms with van der Waals surface area (Å²) in [6, 6.07) is 4.36. The monoisotopic (exact) mass is 354 g/mol. The van der Waals surface area contributed by atoms with Gasteiger partial charge in [0.1, 0.15) is 0 Å². The first kappa shape index (κ1) is 18.6. The van der Waals surface area contributed by atoms with Crippen molar-refractivity contribution in [1.82, 2.24) is 9.97 Å². The Morgan fingerprint density at radius 2 is 2.04 bits per heavy atom. The van der Waals surface area contributed by atoms with Gasteiger partial charge in [-0.05, 0) is 45.7 Å². The summed E-state index contributed by atoms with van der Waals surface area (Å²) in [6.45, 7) is 9.86. The Kier molecular flexibility index (Phi) is 5.19. The molecule has 2 aromatic rings. The van der Waals surface area contributed by atoms with Gasteiger partial charge in [-0.1, -0.05) is 6.92 Å². The second-order valence-electron chi connectivity index (χ2n) is 7.80. The van der Waals surface area contributed by atoms with Crippen molar-refractivity contribution in [2.45, 2.75) is 46.1 Å². The fourth-order valence-corrected chi connectivity index (χ4v) is 3.64. The molecular formula is C21H30N4O. The minimum Gasteiger partial charge on any atom is -0.390 e. The van der Waals surface area contributed by atoms with Gasteiger partial charge >= 0.3 is 0 Å². The highest BCUT2D eigenvalue weighted by Gasteiger charge is 2.34. The van der Waals surface area contributed by atoms with Crippen LogP contribution in [-0.2, 0) is 6.42 Å². The smallest absolute Gasteiger partial charge is 0.0641 e. The van der Waals surface area contributed by atoms with Gasteiger partial charge in [0.05, 0.1) is 28.9 Å². The SMILES string of the molecule is CCCN1CC(C(C)(C)O)Cc2ncc(-c3cc(NC)cnc3C)cc21. The molecule has 0 aromatic carbocycles. The molecule has 2 N–H and O–H groups in total. The van der Waals surface area contributed by atoms with Gasteiger partial charge in [0.25, 0.3) is 0 Å². The van der Waals surface area contributed by atoms with Crippen LogP contribution in [0, 0.1) is 12.8 Å². The minimum atomic E-state index is -0.703. The maximum absolute atomic E-state index is 10.5. The first-order valence-electron chi connectivity index (χ1n) is 9.44. The molecule has 0 spiro atoms. The van der Waals surface area contributed by atoms with Crippen LogP contribution >= 0.6 is 0 Å². The zero-order chi connectivity index (χ0) is 18.9. The maximum atomic E-state index is 10.5. The molecule has 0 saturated heterocycles. The van der Waals surface area contributed by atoms with E-state index in [-0.39, 0.29) is 5.92 Å². The summed E-state index contributed by atoms with van der Waals surface area (Å²) in [7, 11) is 1.90. The van der Waals surface area contributed by atoms with E-state index in [1.54, 1.807) is 0 Å². The Balaban J connectivity index is 2.03. The standard InChI is InChI=1S/C21H30N4O/c1-6-7-25-13-16(21(3,4)26)9-19-20(25)8-15(11-24-19)18-10-17(22-5)12-23-14(18)2/h8,10-12,16,22,26H,6-7,9,13H2,1-5H3. The molecule has 0 fully saturated rings. The van der Waals surface area contributed by atoms with E-state index in [9.17, 15) is 5.11 Å². The molecule has 1 aliphatic rings. The molecule has 140 valence electrons. The van der Waals surface area contributed by atoms with Crippen LogP contribution in [0.25, 0.3) is 11.1 Å². The number of aromatic nitrogens is 2. The van der Waals surface area contributed by atoms with Crippen molar-refractivity contribution in [3.8, 4) is 11.1 Å². The van der Waals surface area contributed by atoms with E-state index in [1.807, 2.05) is 40.2 Å². The second-order valence-corrected chi connectivity index (χ2v) is 7.80. The van der Waals surface area contributed by atoms with Crippen molar-refractivity contribution < 1.29 is 5.11 Å². The largest absolute Gasteiger partial charge is 0.390 e. The highest BCUT2D eigenvalue weighted by atomic mass is 16.3. The molecule has 1 atom stereocenters. The Morgan fingerprint density at radius 1 is 1.27 bits per heavy atom. The first-order valence-corrected chi connectivity index (χ1v) is 9.44. The molecule has 0 amide bonds. The van der Waals surface area contributed by atoms with Crippen molar-refractivity contribution in [1.29, 1.82) is 0 Å². The van der Waals surface area contributed by atoms with Crippen LogP contribution in [0.2, 0.25) is 0 Å². The maximum Gasteiger partial charge on any atom is 0.0641 e. The zero-order valence-electron chi connectivity index (χ0n) is 16.5. The number of nitrogens with one attached hydrogen (secondary N) is 1. The summed E-state index contributed by atoms with van der Waals surface area (Å²) < 4.78 is 0. The predicted molar refractivity (Wildman–Crippen MR) is 108 cm³/mol. The van der Waals surface area contributed by atoms with Crippen LogP contribution in [0.5, 0.6) is 0 Å². The van der Waals surface area contributed by atoms with Crippen LogP contribution in [0.3, 0.4) is 0 Å². The van der Waals surface area contributed by atoms with E-state index in [0.29, 0.717) is 0 Å². The minimum absolute atomic E-state index is 0.191. The summed E-state index contributed by atoms with van der Waals surface area (Å²) in [5, 5.41) is 13.7. The van der Waals surface area contributed by atoms with Crippen LogP contribution in [0.15, 0.2) is 24.5 Å². The molecule has 5 heteroatoms. The van der Waals surface area contributed by atoms with Gasteiger partial charge in [0.15, 0.2) is 0 Å². The van der Waals surface area contributed by atoms with Gasteiger partial charge in [-0.3, -0.25) is 9.97 Å². The van der Waals surface area contributed by atoms with Crippen LogP contribution in [-0.4, -0.2) is 40.8 Å². The summed E-state index contributed by atoms with van der Waals surface area (Å²) in [4.78, 5) is 11.7. The Bertz CT molecular complexity index is 782. The molecule has 0 saturated carbocycles. The van der Waals surface area contributed by atoms with Gasteiger partial charge in [0.2, 0.25) is 0 Å². The molecule has 3 rings (SSSR count). The normalized spacial score (nSPS) is 17.2. The summed E-state index contributed by atoms with van der Waals surface area (Å²) in [5.74, 6) is 0.191. The van der Waals surface area contributed by atoms with E-state index in [1.165, 1.54) is 5.69 Å². The molecule has 0 aliphatic carbocycles. The Morgan fingerprint density at radius 3 is 2.69 bits per heavy atom. The third-order valence-corrected chi connectivity index (χ3v) is 5.35. The summed E-state index contributed by atoms with van der Waals surface area (Å²) >= 11 is 0. The summed E-state index contributed by atoms with van der Waals surface area (Å²) in [5.41, 5.74) is 5.76. The first-order chi connectivity index (χ1) is 12.3. The van der Waals surface area contributed by atoms with Gasteiger partial charge in [-0.2, -0.15) is 0 Å². The lowest BCUT2D eigenvalue weighted by Crippen LogP contribution is -2.45. The number of aliphatic hydroxyl groups is 1. The molecule has 3 heterocycles. The molecule has 1 aliphatic heterocycles. The van der Waals surface area contributed by atoms with Gasteiger partial charge in [0, 0.05) is 49.1 Å². The topological polar surface area (TPSA) is 61.3 Å². The van der Waals surface area contributed by atoms with Gasteiger partial charge in [-0.15, -0.1) is 0 Å². The average Bonchev–Trinajstić information content (AvgIpc) is 2.61. The van der Waals surface area contributed by atoms with E-state index in [4.69, 9.17) is 4.98 Å². The van der Waals surface area contributed by atoms with Crippen LogP contribution < -0.4 is 10.2 Å². The molecule has 26 heavy (non-hydrogen) atoms. The Hall–Kier alpha value is -2.14. The van der Waals surface area contributed by atoms with Crippen molar-refractivity contribution in [3.63, 3.8) is 0 Å². The molecule has 5 nitrogen and oxygen atoms in total. The zero-order valence-corrected chi connectivity index (χ0v) is 16.5. The van der Waals surface area contributed by atoms with Gasteiger partial charge < -0.3 is 15.3 Å². The van der Waals surface area contributed by atoms with E-state index >= 15 is 0 Å². The fourth-order valence-electron chi connectivity index (χ4n) is 3.64. The second kappa shape index (κ2) is 7.23. The quantitative estimate of drug-likeness (QED) is 0.858. The van der Waals surface area contributed by atoms with E-state index in [2.05, 4.69) is 34.3 Å². The third kappa shape index (κ3) is 3.68. The molecule has 0 radical (unpaired) electrons. The highest BCUT2D eigenvalue weighted by Crippen LogP contribution is 2.36. The molecule has 1 unspecified atom stereocenters. The number of nitrogens with zero attached hydrogens (tertiary/aromatic N) is 3. The Labute approximate surface area is 156 Å². The molecule has 2 aromatic heterocycles. The van der Waals surface area contributed by atoms with Crippen molar-refractivity contribution in [3.05, 3.63) is 35.9 Å². The number of fused-ring (bicyclic) bond motifs is 1. The van der Waals surface area contributed by atoms with E-state index in [0.717, 1.165) is 54.1 Å². The number of hydrogen-bond acceptors (Lipinski definition) is 5. The average molecular weight is 354 g/mol. The van der Waals surface area contributed by atoms with Crippen molar-refractivity contribution >= 4 is 11.4 Å². The predicted octanol–water partition coefficient (Wildman–Crippen LogP) is 3.65. The van der Waals surface area contributed by atoms with Crippen molar-refractivity contribution in [2.75, 3.05) is 30.4 Å². The lowest BCUT2D eigenvalue weighted by Gasteiger charge is -2.40. The fraction of sp³-hybridized carbons (Fsp3) is 0.524. The van der Waals surface area contributed by atoms with Gasteiger partial charge in [-0.25, -0.2) is 0 Å². The third-order valence-electron chi connectivity index (χ3n) is 5.35.